The van der Waals surface area contributed by atoms with Gasteiger partial charge in [0, 0.05) is 50.9 Å². The van der Waals surface area contributed by atoms with Crippen LogP contribution in [-0.2, 0) is 9.59 Å². The lowest BCUT2D eigenvalue weighted by Crippen LogP contribution is -2.51. The number of hydrogen-bond acceptors (Lipinski definition) is 8. The van der Waals surface area contributed by atoms with Crippen molar-refractivity contribution < 1.29 is 46.9 Å². The monoisotopic (exact) mass is 576 g/mol. The molecule has 1 aromatic carbocycles. The molecule has 0 saturated carbocycles. The predicted molar refractivity (Wildman–Crippen MR) is 140 cm³/mol. The van der Waals surface area contributed by atoms with E-state index in [-0.39, 0.29) is 18.4 Å². The van der Waals surface area contributed by atoms with E-state index in [1.807, 2.05) is 4.90 Å². The van der Waals surface area contributed by atoms with Crippen molar-refractivity contribution in [3.8, 4) is 17.2 Å². The van der Waals surface area contributed by atoms with Gasteiger partial charge < -0.3 is 34.4 Å². The Morgan fingerprint density at radius 3 is 2.08 bits per heavy atom. The van der Waals surface area contributed by atoms with E-state index in [9.17, 15) is 22.8 Å². The Morgan fingerprint density at radius 1 is 1.02 bits per heavy atom. The zero-order valence-electron chi connectivity index (χ0n) is 23.4. The molecule has 0 radical (unpaired) electrons. The summed E-state index contributed by atoms with van der Waals surface area (Å²) in [5.74, 6) is -1.74. The maximum atomic E-state index is 13.6. The highest BCUT2D eigenvalue weighted by Crippen LogP contribution is 2.38. The van der Waals surface area contributed by atoms with Gasteiger partial charge in [-0.25, -0.2) is 4.79 Å². The standard InChI is InChI=1S/C24H38N4O5.C2HF3O2/c1-18-7-5-6-10-26(18)13-14-28(17-22(29)27-11-8-25-9-12-27)24(30)19-15-20(31-2)23(33-4)21(16-19)32-3;3-2(4,5)1(6)7/h15-16,18,25H,5-14,17H2,1-4H3;(H,6,7). The summed E-state index contributed by atoms with van der Waals surface area (Å²) in [6, 6.07) is 3.78. The predicted octanol–water partition coefficient (Wildman–Crippen LogP) is 2.09. The third-order valence-corrected chi connectivity index (χ3v) is 6.83. The van der Waals surface area contributed by atoms with Crippen LogP contribution >= 0.6 is 0 Å². The van der Waals surface area contributed by atoms with Gasteiger partial charge >= 0.3 is 12.1 Å². The second-order valence-electron chi connectivity index (χ2n) is 9.46. The summed E-state index contributed by atoms with van der Waals surface area (Å²) in [4.78, 5) is 41.4. The largest absolute Gasteiger partial charge is 0.493 e. The van der Waals surface area contributed by atoms with Crippen molar-refractivity contribution in [3.63, 3.8) is 0 Å². The number of amides is 2. The van der Waals surface area contributed by atoms with Crippen molar-refractivity contribution >= 4 is 17.8 Å². The van der Waals surface area contributed by atoms with Gasteiger partial charge in [-0.15, -0.1) is 0 Å². The fraction of sp³-hybridized carbons (Fsp3) is 0.654. The van der Waals surface area contributed by atoms with Gasteiger partial charge in [-0.05, 0) is 38.4 Å². The molecule has 0 bridgehead atoms. The Kier molecular flexibility index (Phi) is 12.8. The molecule has 1 aromatic rings. The van der Waals surface area contributed by atoms with Crippen LogP contribution < -0.4 is 19.5 Å². The van der Waals surface area contributed by atoms with E-state index in [0.29, 0.717) is 48.5 Å². The molecule has 0 aromatic heterocycles. The van der Waals surface area contributed by atoms with Gasteiger partial charge in [0.25, 0.3) is 5.91 Å². The van der Waals surface area contributed by atoms with Gasteiger partial charge in [0.1, 0.15) is 6.54 Å². The number of piperazine rings is 1. The lowest BCUT2D eigenvalue weighted by Gasteiger charge is -2.36. The number of hydrogen-bond donors (Lipinski definition) is 2. The molecular formula is C26H39F3N4O7. The van der Waals surface area contributed by atoms with Gasteiger partial charge in [-0.2, -0.15) is 13.2 Å². The van der Waals surface area contributed by atoms with Gasteiger partial charge in [0.2, 0.25) is 11.7 Å². The van der Waals surface area contributed by atoms with Gasteiger partial charge in [0.05, 0.1) is 21.3 Å². The van der Waals surface area contributed by atoms with E-state index < -0.39 is 12.1 Å². The summed E-state index contributed by atoms with van der Waals surface area (Å²) in [6.45, 7) is 7.41. The van der Waals surface area contributed by atoms with E-state index in [4.69, 9.17) is 24.1 Å². The number of likely N-dealkylation sites (tertiary alicyclic amines) is 1. The quantitative estimate of drug-likeness (QED) is 0.455. The summed E-state index contributed by atoms with van der Waals surface area (Å²) < 4.78 is 48.0. The number of nitrogens with zero attached hydrogens (tertiary/aromatic N) is 3. The fourth-order valence-corrected chi connectivity index (χ4v) is 4.56. The van der Waals surface area contributed by atoms with Crippen LogP contribution in [0.25, 0.3) is 0 Å². The normalized spacial score (nSPS) is 17.8. The minimum atomic E-state index is -5.08. The number of ether oxygens (including phenoxy) is 3. The highest BCUT2D eigenvalue weighted by molar-refractivity contribution is 5.97. The Hall–Kier alpha value is -3.26. The SMILES string of the molecule is COc1cc(C(=O)N(CCN2CCCCC2C)CC(=O)N2CCNCC2)cc(OC)c1OC.O=C(O)C(F)(F)F. The number of rotatable bonds is 9. The number of benzene rings is 1. The molecule has 2 N–H and O–H groups in total. The van der Waals surface area contributed by atoms with E-state index in [2.05, 4.69) is 17.1 Å². The van der Waals surface area contributed by atoms with Crippen LogP contribution in [0.3, 0.4) is 0 Å². The number of carbonyl (C=O) groups excluding carboxylic acids is 2. The number of piperidine rings is 1. The maximum absolute atomic E-state index is 13.6. The topological polar surface area (TPSA) is 121 Å². The van der Waals surface area contributed by atoms with E-state index in [1.54, 1.807) is 17.0 Å². The minimum absolute atomic E-state index is 0.0241. The molecule has 14 heteroatoms. The van der Waals surface area contributed by atoms with Crippen LogP contribution in [0.1, 0.15) is 36.5 Å². The van der Waals surface area contributed by atoms with E-state index in [1.165, 1.54) is 40.6 Å². The van der Waals surface area contributed by atoms with Gasteiger partial charge in [0.15, 0.2) is 11.5 Å². The molecule has 1 unspecified atom stereocenters. The van der Waals surface area contributed by atoms with Crippen LogP contribution in [0.2, 0.25) is 0 Å². The molecule has 2 aliphatic rings. The van der Waals surface area contributed by atoms with Crippen LogP contribution in [0.15, 0.2) is 12.1 Å². The lowest BCUT2D eigenvalue weighted by atomic mass is 10.0. The molecular weight excluding hydrogens is 537 g/mol. The van der Waals surface area contributed by atoms with E-state index in [0.717, 1.165) is 26.2 Å². The smallest absolute Gasteiger partial charge is 0.490 e. The third-order valence-electron chi connectivity index (χ3n) is 6.83. The number of aliphatic carboxylic acids is 1. The maximum Gasteiger partial charge on any atom is 0.490 e. The Labute approximate surface area is 232 Å². The van der Waals surface area contributed by atoms with Crippen molar-refractivity contribution in [1.82, 2.24) is 20.0 Å². The minimum Gasteiger partial charge on any atom is -0.493 e. The zero-order valence-corrected chi connectivity index (χ0v) is 23.4. The van der Waals surface area contributed by atoms with Crippen LogP contribution in [0.5, 0.6) is 17.2 Å². The Morgan fingerprint density at radius 2 is 1.60 bits per heavy atom. The second kappa shape index (κ2) is 15.5. The third kappa shape index (κ3) is 9.44. The molecule has 2 amide bonds. The molecule has 1 atom stereocenters. The van der Waals surface area contributed by atoms with Gasteiger partial charge in [-0.1, -0.05) is 6.42 Å². The van der Waals surface area contributed by atoms with E-state index >= 15 is 0 Å². The molecule has 0 aliphatic carbocycles. The van der Waals surface area contributed by atoms with Crippen molar-refractivity contribution in [1.29, 1.82) is 0 Å². The van der Waals surface area contributed by atoms with Crippen LogP contribution in [0, 0.1) is 0 Å². The number of alkyl halides is 3. The molecule has 226 valence electrons. The Balaban J connectivity index is 0.000000708. The first kappa shape index (κ1) is 32.9. The zero-order chi connectivity index (χ0) is 29.9. The number of methoxy groups -OCH3 is 3. The summed E-state index contributed by atoms with van der Waals surface area (Å²) >= 11 is 0. The Bertz CT molecular complexity index is 978. The van der Waals surface area contributed by atoms with Crippen LogP contribution in [-0.4, -0.2) is 123 Å². The first-order valence-electron chi connectivity index (χ1n) is 13.0. The molecule has 40 heavy (non-hydrogen) atoms. The fourth-order valence-electron chi connectivity index (χ4n) is 4.56. The van der Waals surface area contributed by atoms with Crippen molar-refractivity contribution in [2.24, 2.45) is 0 Å². The molecule has 2 fully saturated rings. The summed E-state index contributed by atoms with van der Waals surface area (Å²) in [5.41, 5.74) is 0.407. The summed E-state index contributed by atoms with van der Waals surface area (Å²) in [6.07, 6.45) is -1.50. The lowest BCUT2D eigenvalue weighted by molar-refractivity contribution is -0.192. The molecule has 2 heterocycles. The molecule has 11 nitrogen and oxygen atoms in total. The summed E-state index contributed by atoms with van der Waals surface area (Å²) in [7, 11) is 4.57. The van der Waals surface area contributed by atoms with Crippen molar-refractivity contribution in [2.45, 2.75) is 38.4 Å². The highest BCUT2D eigenvalue weighted by Gasteiger charge is 2.38. The van der Waals surface area contributed by atoms with Crippen LogP contribution in [0.4, 0.5) is 13.2 Å². The molecule has 3 rings (SSSR count). The number of halogens is 3. The average molecular weight is 577 g/mol. The van der Waals surface area contributed by atoms with Crippen molar-refractivity contribution in [2.75, 3.05) is 73.7 Å². The molecule has 2 aliphatic heterocycles. The second-order valence-corrected chi connectivity index (χ2v) is 9.46. The number of nitrogens with one attached hydrogen (secondary N) is 1. The number of carbonyl (C=O) groups is 3. The summed E-state index contributed by atoms with van der Waals surface area (Å²) in [5, 5.41) is 10.4. The number of carboxylic acid groups (broad SMARTS) is 1. The first-order valence-corrected chi connectivity index (χ1v) is 13.0. The highest BCUT2D eigenvalue weighted by atomic mass is 19.4. The molecule has 0 spiro atoms. The van der Waals surface area contributed by atoms with Crippen molar-refractivity contribution in [3.05, 3.63) is 17.7 Å². The first-order chi connectivity index (χ1) is 18.9. The van der Waals surface area contributed by atoms with Gasteiger partial charge in [-0.3, -0.25) is 14.5 Å². The molecule has 2 saturated heterocycles. The average Bonchev–Trinajstić information content (AvgIpc) is 2.94. The number of carboxylic acids is 1.